The summed E-state index contributed by atoms with van der Waals surface area (Å²) >= 11 is 0. The molecular weight excluding hydrogens is 320 g/mol. The molecule has 0 amide bonds. The Balaban J connectivity index is 1.67. The highest BCUT2D eigenvalue weighted by molar-refractivity contribution is 5.94. The van der Waals surface area contributed by atoms with Crippen LogP contribution in [0.4, 0.5) is 5.69 Å². The monoisotopic (exact) mass is 348 g/mol. The Labute approximate surface area is 160 Å². The molecule has 1 unspecified atom stereocenters. The molecule has 2 atom stereocenters. The molecule has 2 aliphatic heterocycles. The predicted octanol–water partition coefficient (Wildman–Crippen LogP) is 4.59. The van der Waals surface area contributed by atoms with Crippen LogP contribution in [0.3, 0.4) is 0 Å². The SMILES string of the molecule is [2H]C([2H])([2H])C([2H])(C)N1C=CN(c2c(C)ccc3nc4n(c23)-c2ccccc2C4)[C@H]1C. The van der Waals surface area contributed by atoms with E-state index in [1.54, 1.807) is 11.1 Å². The maximum absolute atomic E-state index is 8.53. The van der Waals surface area contributed by atoms with Crippen molar-refractivity contribution in [3.05, 3.63) is 65.7 Å². The molecule has 26 heavy (non-hydrogen) atoms. The molecule has 0 saturated carbocycles. The molecule has 0 aliphatic carbocycles. The topological polar surface area (TPSA) is 24.3 Å². The molecule has 5 rings (SSSR count). The Bertz CT molecular complexity index is 1190. The van der Waals surface area contributed by atoms with Gasteiger partial charge in [0.1, 0.15) is 12.0 Å². The Morgan fingerprint density at radius 3 is 2.92 bits per heavy atom. The second-order valence-corrected chi connectivity index (χ2v) is 7.10. The van der Waals surface area contributed by atoms with Gasteiger partial charge in [0, 0.05) is 29.0 Å². The molecule has 2 aliphatic rings. The smallest absolute Gasteiger partial charge is 0.119 e. The van der Waals surface area contributed by atoms with Gasteiger partial charge in [-0.2, -0.15) is 0 Å². The summed E-state index contributed by atoms with van der Waals surface area (Å²) in [6.45, 7) is 3.01. The zero-order valence-electron chi connectivity index (χ0n) is 19.2. The van der Waals surface area contributed by atoms with Crippen molar-refractivity contribution in [1.82, 2.24) is 14.5 Å². The zero-order valence-corrected chi connectivity index (χ0v) is 15.2. The first-order valence-electron chi connectivity index (χ1n) is 11.0. The average Bonchev–Trinajstić information content (AvgIpc) is 3.32. The Kier molecular flexibility index (Phi) is 2.43. The minimum Gasteiger partial charge on any atom is -0.353 e. The Morgan fingerprint density at radius 2 is 2.08 bits per heavy atom. The van der Waals surface area contributed by atoms with Gasteiger partial charge in [-0.3, -0.25) is 4.57 Å². The van der Waals surface area contributed by atoms with E-state index in [2.05, 4.69) is 34.6 Å². The van der Waals surface area contributed by atoms with Crippen molar-refractivity contribution in [2.24, 2.45) is 0 Å². The molecule has 4 nitrogen and oxygen atoms in total. The predicted molar refractivity (Wildman–Crippen MR) is 107 cm³/mol. The van der Waals surface area contributed by atoms with E-state index >= 15 is 0 Å². The summed E-state index contributed by atoms with van der Waals surface area (Å²) in [5.41, 5.74) is 6.41. The fourth-order valence-electron chi connectivity index (χ4n) is 4.23. The highest BCUT2D eigenvalue weighted by Gasteiger charge is 2.30. The van der Waals surface area contributed by atoms with Crippen LogP contribution in [0, 0.1) is 6.92 Å². The number of para-hydroxylation sites is 1. The first-order valence-corrected chi connectivity index (χ1v) is 8.95. The summed E-state index contributed by atoms with van der Waals surface area (Å²) in [6, 6.07) is 10.7. The number of rotatable bonds is 2. The molecule has 3 aromatic rings. The quantitative estimate of drug-likeness (QED) is 0.530. The number of aromatic nitrogens is 2. The first-order chi connectivity index (χ1) is 14.1. The minimum atomic E-state index is -2.43. The van der Waals surface area contributed by atoms with E-state index in [-0.39, 0.29) is 6.17 Å². The van der Waals surface area contributed by atoms with Crippen LogP contribution in [0.15, 0.2) is 48.8 Å². The van der Waals surface area contributed by atoms with Gasteiger partial charge >= 0.3 is 0 Å². The maximum atomic E-state index is 8.53. The van der Waals surface area contributed by atoms with E-state index in [1.165, 1.54) is 12.5 Å². The van der Waals surface area contributed by atoms with Gasteiger partial charge in [-0.1, -0.05) is 24.3 Å². The van der Waals surface area contributed by atoms with Crippen LogP contribution < -0.4 is 4.90 Å². The van der Waals surface area contributed by atoms with Gasteiger partial charge < -0.3 is 9.80 Å². The number of aryl methyl sites for hydroxylation is 1. The van der Waals surface area contributed by atoms with Gasteiger partial charge in [-0.15, -0.1) is 0 Å². The third-order valence-electron chi connectivity index (χ3n) is 5.48. The third kappa shape index (κ3) is 1.99. The average molecular weight is 348 g/mol. The van der Waals surface area contributed by atoms with Gasteiger partial charge in [-0.25, -0.2) is 4.98 Å². The Morgan fingerprint density at radius 1 is 1.23 bits per heavy atom. The molecule has 0 bridgehead atoms. The van der Waals surface area contributed by atoms with Crippen LogP contribution >= 0.6 is 0 Å². The molecule has 0 radical (unpaired) electrons. The van der Waals surface area contributed by atoms with Crippen molar-refractivity contribution in [3.8, 4) is 5.69 Å². The number of hydrogen-bond donors (Lipinski definition) is 0. The fourth-order valence-corrected chi connectivity index (χ4v) is 4.23. The van der Waals surface area contributed by atoms with E-state index in [4.69, 9.17) is 10.5 Å². The second kappa shape index (κ2) is 5.37. The van der Waals surface area contributed by atoms with E-state index < -0.39 is 12.9 Å². The van der Waals surface area contributed by atoms with Crippen molar-refractivity contribution in [1.29, 1.82) is 0 Å². The summed E-state index contributed by atoms with van der Waals surface area (Å²) in [6.07, 6.45) is 4.08. The zero-order chi connectivity index (χ0) is 21.4. The van der Waals surface area contributed by atoms with Crippen molar-refractivity contribution in [2.45, 2.75) is 46.2 Å². The second-order valence-electron chi connectivity index (χ2n) is 7.10. The molecule has 0 spiro atoms. The fraction of sp³-hybridized carbons (Fsp3) is 0.318. The van der Waals surface area contributed by atoms with E-state index in [9.17, 15) is 0 Å². The maximum Gasteiger partial charge on any atom is 0.119 e. The van der Waals surface area contributed by atoms with E-state index in [0.29, 0.717) is 0 Å². The molecule has 0 fully saturated rings. The van der Waals surface area contributed by atoms with Crippen LogP contribution in [0.5, 0.6) is 0 Å². The summed E-state index contributed by atoms with van der Waals surface area (Å²) < 4.78 is 34.2. The van der Waals surface area contributed by atoms with E-state index in [0.717, 1.165) is 40.2 Å². The van der Waals surface area contributed by atoms with Crippen molar-refractivity contribution in [3.63, 3.8) is 0 Å². The summed E-state index contributed by atoms with van der Waals surface area (Å²) in [5, 5.41) is 0. The minimum absolute atomic E-state index is 0.319. The van der Waals surface area contributed by atoms with Crippen LogP contribution in [0.2, 0.25) is 0 Å². The number of anilines is 1. The first kappa shape index (κ1) is 11.8. The number of nitrogens with zero attached hydrogens (tertiary/aromatic N) is 4. The lowest BCUT2D eigenvalue weighted by atomic mass is 10.1. The van der Waals surface area contributed by atoms with E-state index in [1.807, 2.05) is 31.3 Å². The standard InChI is InChI=1S/C22H24N4/c1-14(2)24-11-12-25(16(24)4)21-15(3)9-10-18-22(21)26-19-8-6-5-7-17(19)13-20(26)23-18/h5-12,14,16H,13H2,1-4H3/t16-/m0/s1/i1D3,14D/t14?,16-. The van der Waals surface area contributed by atoms with Crippen LogP contribution in [0.25, 0.3) is 16.7 Å². The molecular formula is C22H24N4. The lowest BCUT2D eigenvalue weighted by Gasteiger charge is -2.33. The van der Waals surface area contributed by atoms with Crippen molar-refractivity contribution < 1.29 is 5.48 Å². The van der Waals surface area contributed by atoms with Crippen LogP contribution in [0.1, 0.15) is 43.1 Å². The normalized spacial score (nSPS) is 23.3. The van der Waals surface area contributed by atoms with Crippen molar-refractivity contribution >= 4 is 16.7 Å². The molecule has 0 saturated heterocycles. The lowest BCUT2D eigenvalue weighted by Crippen LogP contribution is -2.40. The van der Waals surface area contributed by atoms with Gasteiger partial charge in [0.25, 0.3) is 0 Å². The molecule has 132 valence electrons. The molecule has 3 heterocycles. The van der Waals surface area contributed by atoms with Gasteiger partial charge in [0.2, 0.25) is 0 Å². The molecule has 4 heteroatoms. The van der Waals surface area contributed by atoms with Gasteiger partial charge in [-0.05, 0) is 50.9 Å². The molecule has 2 aromatic carbocycles. The lowest BCUT2D eigenvalue weighted by molar-refractivity contribution is 0.263. The highest BCUT2D eigenvalue weighted by atomic mass is 15.4. The van der Waals surface area contributed by atoms with Gasteiger partial charge in [0.05, 0.1) is 23.8 Å². The molecule has 1 aromatic heterocycles. The Hall–Kier alpha value is -2.75. The highest BCUT2D eigenvalue weighted by Crippen LogP contribution is 2.40. The van der Waals surface area contributed by atoms with Crippen molar-refractivity contribution in [2.75, 3.05) is 4.90 Å². The largest absolute Gasteiger partial charge is 0.353 e. The number of fused-ring (bicyclic) bond motifs is 5. The number of imidazole rings is 1. The summed E-state index contributed by atoms with van der Waals surface area (Å²) in [4.78, 5) is 8.55. The third-order valence-corrected chi connectivity index (χ3v) is 5.48. The summed E-state index contributed by atoms with van der Waals surface area (Å²) in [5.74, 6) is 1.01. The molecule has 0 N–H and O–H groups in total. The number of benzene rings is 2. The van der Waals surface area contributed by atoms with Crippen LogP contribution in [-0.4, -0.2) is 26.6 Å². The van der Waals surface area contributed by atoms with Gasteiger partial charge in [0.15, 0.2) is 0 Å². The van der Waals surface area contributed by atoms with Crippen LogP contribution in [-0.2, 0) is 6.42 Å². The summed E-state index contributed by atoms with van der Waals surface area (Å²) in [7, 11) is 0. The number of hydrogen-bond acceptors (Lipinski definition) is 3.